The zero-order chi connectivity index (χ0) is 73.0. The highest BCUT2D eigenvalue weighted by Crippen LogP contribution is 2.47. The maximum absolute atomic E-state index is 6.38. The minimum atomic E-state index is 0.933. The van der Waals surface area contributed by atoms with E-state index in [1.54, 1.807) is 0 Å². The Morgan fingerprint density at radius 1 is 0.152 bits per heavy atom. The fourth-order valence-electron chi connectivity index (χ4n) is 19.1. The maximum Gasteiger partial charge on any atom is 0.145 e. The first-order valence-corrected chi connectivity index (χ1v) is 38.2. The molecule has 12 heterocycles. The third-order valence-corrected chi connectivity index (χ3v) is 23.8. The number of aromatic nitrogens is 4. The first kappa shape index (κ1) is 61.0. The lowest BCUT2D eigenvalue weighted by atomic mass is 9.99. The van der Waals surface area contributed by atoms with Crippen molar-refractivity contribution in [3.05, 3.63) is 365 Å². The molecule has 8 nitrogen and oxygen atoms in total. The molecule has 28 aromatic rings. The minimum Gasteiger partial charge on any atom is -0.456 e. The van der Waals surface area contributed by atoms with Crippen molar-refractivity contribution in [2.45, 2.75) is 0 Å². The van der Waals surface area contributed by atoms with Crippen LogP contribution in [0.2, 0.25) is 0 Å². The van der Waals surface area contributed by atoms with Crippen LogP contribution in [0, 0.1) is 0 Å². The smallest absolute Gasteiger partial charge is 0.145 e. The van der Waals surface area contributed by atoms with E-state index >= 15 is 0 Å². The lowest BCUT2D eigenvalue weighted by Gasteiger charge is -2.10. The average molecular weight is 1430 g/mol. The van der Waals surface area contributed by atoms with Crippen molar-refractivity contribution < 1.29 is 17.7 Å². The van der Waals surface area contributed by atoms with Gasteiger partial charge in [-0.3, -0.25) is 0 Å². The highest BCUT2D eigenvalue weighted by atomic mass is 16.3. The lowest BCUT2D eigenvalue weighted by Crippen LogP contribution is -1.90. The number of benzene rings is 16. The largest absolute Gasteiger partial charge is 0.456 e. The van der Waals surface area contributed by atoms with Gasteiger partial charge in [-0.1, -0.05) is 267 Å². The number of pyridine rings is 4. The SMILES string of the molecule is c1ccc2c(c1)cn1c2c2ccccc2c2ccc3oc4ccccc4c3c21.c1ccc2c(c1)cn1c3cc4c(cc3c3ccccc3c21)oc1ccccc14.c1ccc2c(c1)cn1c3ccc4c5ccccc5oc4c3c3ccccc3c21.c1ccc2c(c1)cn1c3ccc4oc5ccccc5c4c3c3ccccc3c21. The number of fused-ring (bicyclic) bond motifs is 47. The first-order chi connectivity index (χ1) is 55.6. The van der Waals surface area contributed by atoms with E-state index in [1.807, 2.05) is 48.5 Å². The Bertz CT molecular complexity index is 8850. The summed E-state index contributed by atoms with van der Waals surface area (Å²) in [6, 6.07) is 120. The molecule has 112 heavy (non-hydrogen) atoms. The van der Waals surface area contributed by atoms with Gasteiger partial charge in [-0.2, -0.15) is 0 Å². The van der Waals surface area contributed by atoms with Crippen molar-refractivity contribution in [3.63, 3.8) is 0 Å². The van der Waals surface area contributed by atoms with Gasteiger partial charge in [0.2, 0.25) is 0 Å². The summed E-state index contributed by atoms with van der Waals surface area (Å²) in [5, 5.41) is 34.6. The molecule has 0 unspecified atom stereocenters. The van der Waals surface area contributed by atoms with Gasteiger partial charge in [0, 0.05) is 149 Å². The Balaban J connectivity index is 0.0000000847. The van der Waals surface area contributed by atoms with E-state index in [1.165, 1.54) is 179 Å². The van der Waals surface area contributed by atoms with Crippen LogP contribution in [0.4, 0.5) is 0 Å². The third kappa shape index (κ3) is 8.60. The summed E-state index contributed by atoms with van der Waals surface area (Å²) in [7, 11) is 0. The zero-order valence-electron chi connectivity index (χ0n) is 60.1. The average Bonchev–Trinajstić information content (AvgIpc) is 1.60. The second-order valence-electron chi connectivity index (χ2n) is 29.7. The van der Waals surface area contributed by atoms with Gasteiger partial charge in [0.1, 0.15) is 44.7 Å². The van der Waals surface area contributed by atoms with Crippen LogP contribution in [0.3, 0.4) is 0 Å². The first-order valence-electron chi connectivity index (χ1n) is 38.2. The van der Waals surface area contributed by atoms with Crippen LogP contribution >= 0.6 is 0 Å². The second-order valence-corrected chi connectivity index (χ2v) is 29.7. The van der Waals surface area contributed by atoms with Gasteiger partial charge in [-0.05, 0) is 94.3 Å². The standard InChI is InChI=1S/4C26H15NO/c1-2-8-17-16(7-1)15-27-22-14-13-21-18-9-5-6-12-23(18)28-26(21)24(22)19-10-3-4-11-20(19)25(17)27;1-2-8-17-16(7-1)15-27-23-13-22-19-10-5-6-12-24(19)28-25(22)14-21(23)18-9-3-4-11-20(18)26(17)27;1-2-8-17-16(7-1)15-27-25(17)19-10-4-3-9-18(19)20-13-14-23-24(26(20)27)21-11-5-6-12-22(21)28-23;1-2-8-17-16(7-1)15-27-21-13-14-23-25(20-11-5-6-12-22(20)28-23)24(21)18-9-3-4-10-19(18)26(17)27/h4*1-15H. The molecule has 16 aromatic carbocycles. The van der Waals surface area contributed by atoms with E-state index in [2.05, 4.69) is 334 Å². The van der Waals surface area contributed by atoms with Crippen molar-refractivity contribution in [3.8, 4) is 0 Å². The molecule has 0 saturated heterocycles. The molecule has 0 fully saturated rings. The summed E-state index contributed by atoms with van der Waals surface area (Å²) in [6.07, 6.45) is 9.02. The normalized spacial score (nSPS) is 12.3. The number of nitrogens with zero attached hydrogens (tertiary/aromatic N) is 4. The van der Waals surface area contributed by atoms with E-state index in [4.69, 9.17) is 17.7 Å². The molecule has 0 radical (unpaired) electrons. The lowest BCUT2D eigenvalue weighted by molar-refractivity contribution is 0.669. The van der Waals surface area contributed by atoms with Gasteiger partial charge >= 0.3 is 0 Å². The molecule has 0 aliphatic rings. The predicted molar refractivity (Wildman–Crippen MR) is 469 cm³/mol. The zero-order valence-corrected chi connectivity index (χ0v) is 60.1. The highest BCUT2D eigenvalue weighted by Gasteiger charge is 2.23. The van der Waals surface area contributed by atoms with Crippen LogP contribution < -0.4 is 0 Å². The van der Waals surface area contributed by atoms with Crippen LogP contribution in [0.15, 0.2) is 382 Å². The number of rotatable bonds is 0. The van der Waals surface area contributed by atoms with Crippen molar-refractivity contribution in [1.82, 2.24) is 17.6 Å². The number of hydrogen-bond donors (Lipinski definition) is 0. The molecule has 0 saturated carbocycles. The van der Waals surface area contributed by atoms with Gasteiger partial charge < -0.3 is 35.3 Å². The Hall–Kier alpha value is -15.1. The second kappa shape index (κ2) is 23.2. The molecular formula is C104H60N4O4. The molecule has 0 amide bonds. The maximum atomic E-state index is 6.38. The molecule has 0 aliphatic carbocycles. The molecule has 520 valence electrons. The molecule has 12 aromatic heterocycles. The number of para-hydroxylation sites is 4. The molecule has 28 rings (SSSR count). The molecule has 0 bridgehead atoms. The van der Waals surface area contributed by atoms with Crippen LogP contribution in [-0.2, 0) is 0 Å². The van der Waals surface area contributed by atoms with Crippen LogP contribution in [0.5, 0.6) is 0 Å². The van der Waals surface area contributed by atoms with E-state index < -0.39 is 0 Å². The molecule has 0 spiro atoms. The van der Waals surface area contributed by atoms with Crippen LogP contribution in [0.25, 0.3) is 240 Å². The predicted octanol–water partition coefficient (Wildman–Crippen LogP) is 29.2. The Labute approximate surface area is 635 Å². The molecule has 0 aliphatic heterocycles. The topological polar surface area (TPSA) is 70.2 Å². The van der Waals surface area contributed by atoms with Crippen LogP contribution in [0.1, 0.15) is 0 Å². The Kier molecular flexibility index (Phi) is 12.6. The van der Waals surface area contributed by atoms with E-state index in [0.29, 0.717) is 0 Å². The van der Waals surface area contributed by atoms with E-state index in [9.17, 15) is 0 Å². The number of hydrogen-bond acceptors (Lipinski definition) is 4. The van der Waals surface area contributed by atoms with Crippen molar-refractivity contribution in [1.29, 1.82) is 0 Å². The third-order valence-electron chi connectivity index (χ3n) is 23.8. The number of furan rings is 4. The van der Waals surface area contributed by atoms with Crippen molar-refractivity contribution >= 4 is 240 Å². The quantitative estimate of drug-likeness (QED) is 0.142. The summed E-state index contributed by atoms with van der Waals surface area (Å²) < 4.78 is 34.3. The van der Waals surface area contributed by atoms with Crippen molar-refractivity contribution in [2.75, 3.05) is 0 Å². The summed E-state index contributed by atoms with van der Waals surface area (Å²) >= 11 is 0. The van der Waals surface area contributed by atoms with Gasteiger partial charge in [0.25, 0.3) is 0 Å². The Morgan fingerprint density at radius 3 is 1.01 bits per heavy atom. The highest BCUT2D eigenvalue weighted by molar-refractivity contribution is 6.32. The fourth-order valence-corrected chi connectivity index (χ4v) is 19.1. The van der Waals surface area contributed by atoms with Gasteiger partial charge in [0.05, 0.1) is 49.5 Å². The summed E-state index contributed by atoms with van der Waals surface area (Å²) in [5.41, 5.74) is 17.4. The Morgan fingerprint density at radius 2 is 0.473 bits per heavy atom. The summed E-state index contributed by atoms with van der Waals surface area (Å²) in [6.45, 7) is 0. The van der Waals surface area contributed by atoms with Gasteiger partial charge in [0.15, 0.2) is 0 Å². The minimum absolute atomic E-state index is 0.933. The summed E-state index contributed by atoms with van der Waals surface area (Å²) in [4.78, 5) is 0. The van der Waals surface area contributed by atoms with E-state index in [0.717, 1.165) is 60.8 Å². The molecule has 8 heteroatoms. The molecule has 0 atom stereocenters. The van der Waals surface area contributed by atoms with Crippen LogP contribution in [-0.4, -0.2) is 17.6 Å². The fraction of sp³-hybridized carbons (Fsp3) is 0. The van der Waals surface area contributed by atoms with Gasteiger partial charge in [-0.25, -0.2) is 0 Å². The molecular weight excluding hydrogens is 1370 g/mol. The monoisotopic (exact) mass is 1430 g/mol. The van der Waals surface area contributed by atoms with Gasteiger partial charge in [-0.15, -0.1) is 0 Å². The van der Waals surface area contributed by atoms with E-state index in [-0.39, 0.29) is 0 Å². The summed E-state index contributed by atoms with van der Waals surface area (Å²) in [5.74, 6) is 0. The van der Waals surface area contributed by atoms with Crippen molar-refractivity contribution in [2.24, 2.45) is 0 Å². The molecule has 0 N–H and O–H groups in total.